The number of nitro benzene ring substituents is 1. The highest BCUT2D eigenvalue weighted by molar-refractivity contribution is 6.35. The number of nitro groups is 1. The molecular weight excluding hydrogens is 529 g/mol. The number of hydrogen-bond acceptors (Lipinski definition) is 8. The zero-order chi connectivity index (χ0) is 26.7. The quantitative estimate of drug-likeness (QED) is 0.138. The van der Waals surface area contributed by atoms with Crippen molar-refractivity contribution in [3.05, 3.63) is 97.0 Å². The summed E-state index contributed by atoms with van der Waals surface area (Å²) in [6.45, 7) is -0.246. The van der Waals surface area contributed by atoms with Gasteiger partial charge in [-0.05, 0) is 36.4 Å². The van der Waals surface area contributed by atoms with Crippen molar-refractivity contribution in [3.8, 4) is 5.75 Å². The van der Waals surface area contributed by atoms with Crippen LogP contribution in [0.15, 0.2) is 58.6 Å². The van der Waals surface area contributed by atoms with Gasteiger partial charge >= 0.3 is 12.0 Å². The van der Waals surface area contributed by atoms with Crippen LogP contribution >= 0.6 is 23.2 Å². The van der Waals surface area contributed by atoms with Crippen LogP contribution < -0.4 is 10.1 Å². The second kappa shape index (κ2) is 10.7. The largest absolute Gasteiger partial charge is 0.488 e. The number of methoxy groups -OCH3 is 1. The Kier molecular flexibility index (Phi) is 7.46. The van der Waals surface area contributed by atoms with Gasteiger partial charge in [0.2, 0.25) is 5.76 Å². The number of urea groups is 1. The fourth-order valence-corrected chi connectivity index (χ4v) is 3.85. The van der Waals surface area contributed by atoms with Crippen molar-refractivity contribution in [2.75, 3.05) is 7.11 Å². The van der Waals surface area contributed by atoms with Gasteiger partial charge < -0.3 is 19.2 Å². The average Bonchev–Trinajstić information content (AvgIpc) is 3.44. The minimum Gasteiger partial charge on any atom is -0.488 e. The van der Waals surface area contributed by atoms with E-state index in [0.717, 1.165) is 4.90 Å². The van der Waals surface area contributed by atoms with Crippen molar-refractivity contribution in [3.63, 3.8) is 0 Å². The summed E-state index contributed by atoms with van der Waals surface area (Å²) in [5, 5.41) is 14.6. The van der Waals surface area contributed by atoms with Crippen LogP contribution in [0.1, 0.15) is 27.4 Å². The predicted molar refractivity (Wildman–Crippen MR) is 131 cm³/mol. The zero-order valence-corrected chi connectivity index (χ0v) is 20.5. The molecule has 0 aliphatic carbocycles. The highest BCUT2D eigenvalue weighted by atomic mass is 35.5. The van der Waals surface area contributed by atoms with Gasteiger partial charge in [-0.15, -0.1) is 0 Å². The predicted octanol–water partition coefficient (Wildman–Crippen LogP) is 4.95. The van der Waals surface area contributed by atoms with Crippen molar-refractivity contribution in [1.29, 1.82) is 0 Å². The molecule has 190 valence electrons. The highest BCUT2D eigenvalue weighted by Gasteiger charge is 2.34. The number of furan rings is 1. The molecule has 1 aliphatic heterocycles. The number of rotatable bonds is 8. The van der Waals surface area contributed by atoms with E-state index in [4.69, 9.17) is 32.4 Å². The maximum absolute atomic E-state index is 12.9. The Morgan fingerprint density at radius 2 is 1.95 bits per heavy atom. The fraction of sp³-hybridized carbons (Fsp3) is 0.125. The average molecular weight is 546 g/mol. The van der Waals surface area contributed by atoms with E-state index in [2.05, 4.69) is 10.1 Å². The van der Waals surface area contributed by atoms with Gasteiger partial charge in [0.25, 0.3) is 11.6 Å². The smallest absolute Gasteiger partial charge is 0.373 e. The summed E-state index contributed by atoms with van der Waals surface area (Å²) in [5.41, 5.74) is 0.405. The molecule has 13 heteroatoms. The first-order valence-corrected chi connectivity index (χ1v) is 11.3. The molecule has 2 heterocycles. The van der Waals surface area contributed by atoms with Gasteiger partial charge in [-0.1, -0.05) is 29.3 Å². The van der Waals surface area contributed by atoms with E-state index >= 15 is 0 Å². The summed E-state index contributed by atoms with van der Waals surface area (Å²) < 4.78 is 15.7. The van der Waals surface area contributed by atoms with Crippen molar-refractivity contribution < 1.29 is 33.2 Å². The highest BCUT2D eigenvalue weighted by Crippen LogP contribution is 2.30. The third kappa shape index (κ3) is 5.74. The first-order chi connectivity index (χ1) is 17.7. The second-order valence-corrected chi connectivity index (χ2v) is 8.48. The molecule has 1 fully saturated rings. The van der Waals surface area contributed by atoms with Crippen LogP contribution in [0.3, 0.4) is 0 Å². The van der Waals surface area contributed by atoms with Crippen LogP contribution in [0, 0.1) is 10.1 Å². The van der Waals surface area contributed by atoms with Crippen molar-refractivity contribution in [1.82, 2.24) is 10.2 Å². The van der Waals surface area contributed by atoms with Gasteiger partial charge in [-0.3, -0.25) is 19.8 Å². The van der Waals surface area contributed by atoms with Crippen molar-refractivity contribution >= 4 is 52.9 Å². The Balaban J connectivity index is 1.58. The number of nitrogens with zero attached hydrogens (tertiary/aromatic N) is 2. The molecule has 0 spiro atoms. The molecule has 3 amide bonds. The summed E-state index contributed by atoms with van der Waals surface area (Å²) in [6.07, 6.45) is 1.27. The molecule has 0 bridgehead atoms. The first kappa shape index (κ1) is 25.7. The number of carbonyl (C=O) groups excluding carboxylic acids is 3. The molecule has 1 N–H and O–H groups in total. The van der Waals surface area contributed by atoms with Gasteiger partial charge in [0, 0.05) is 33.3 Å². The maximum atomic E-state index is 12.9. The minimum atomic E-state index is -0.742. The van der Waals surface area contributed by atoms with Crippen LogP contribution in [0.4, 0.5) is 10.5 Å². The lowest BCUT2D eigenvalue weighted by Crippen LogP contribution is -2.30. The number of imide groups is 1. The number of halogens is 2. The molecule has 1 saturated heterocycles. The normalized spacial score (nSPS) is 14.1. The molecule has 0 radical (unpaired) electrons. The number of ether oxygens (including phenoxy) is 2. The van der Waals surface area contributed by atoms with E-state index in [1.54, 1.807) is 18.2 Å². The minimum absolute atomic E-state index is 0.0113. The van der Waals surface area contributed by atoms with Crippen LogP contribution in [0.2, 0.25) is 10.0 Å². The molecule has 1 aromatic heterocycles. The van der Waals surface area contributed by atoms with Crippen LogP contribution in [-0.4, -0.2) is 34.8 Å². The Morgan fingerprint density at radius 3 is 2.65 bits per heavy atom. The zero-order valence-electron chi connectivity index (χ0n) is 19.0. The van der Waals surface area contributed by atoms with Gasteiger partial charge in [-0.25, -0.2) is 9.59 Å². The van der Waals surface area contributed by atoms with Gasteiger partial charge in [0.15, 0.2) is 0 Å². The molecular formula is C24H17Cl2N3O8. The number of carbonyl (C=O) groups is 3. The lowest BCUT2D eigenvalue weighted by Gasteiger charge is -2.11. The lowest BCUT2D eigenvalue weighted by molar-refractivity contribution is -0.384. The summed E-state index contributed by atoms with van der Waals surface area (Å²) in [4.78, 5) is 48.6. The van der Waals surface area contributed by atoms with Crippen molar-refractivity contribution in [2.24, 2.45) is 0 Å². The summed E-state index contributed by atoms with van der Waals surface area (Å²) >= 11 is 12.1. The Morgan fingerprint density at radius 1 is 1.16 bits per heavy atom. The van der Waals surface area contributed by atoms with Gasteiger partial charge in [-0.2, -0.15) is 0 Å². The molecule has 11 nitrogen and oxygen atoms in total. The van der Waals surface area contributed by atoms with E-state index in [-0.39, 0.29) is 47.4 Å². The van der Waals surface area contributed by atoms with E-state index in [1.165, 1.54) is 43.5 Å². The molecule has 0 atom stereocenters. The Bertz CT molecular complexity index is 1450. The number of esters is 1. The molecule has 3 aromatic rings. The summed E-state index contributed by atoms with van der Waals surface area (Å²) in [5.74, 6) is -1.12. The molecule has 4 rings (SSSR count). The van der Waals surface area contributed by atoms with E-state index in [9.17, 15) is 24.5 Å². The lowest BCUT2D eigenvalue weighted by atomic mass is 10.1. The number of hydrogen-bond donors (Lipinski definition) is 1. The van der Waals surface area contributed by atoms with Crippen LogP contribution in [-0.2, 0) is 22.7 Å². The van der Waals surface area contributed by atoms with Crippen LogP contribution in [0.5, 0.6) is 5.75 Å². The topological polar surface area (TPSA) is 141 Å². The molecule has 0 unspecified atom stereocenters. The molecule has 2 aromatic carbocycles. The van der Waals surface area contributed by atoms with Gasteiger partial charge in [0.1, 0.15) is 23.8 Å². The third-order valence-electron chi connectivity index (χ3n) is 5.23. The monoisotopic (exact) mass is 545 g/mol. The first-order valence-electron chi connectivity index (χ1n) is 10.5. The third-order valence-corrected chi connectivity index (χ3v) is 5.81. The van der Waals surface area contributed by atoms with Crippen molar-refractivity contribution in [2.45, 2.75) is 13.2 Å². The molecule has 0 saturated carbocycles. The summed E-state index contributed by atoms with van der Waals surface area (Å²) in [7, 11) is 1.19. The van der Waals surface area contributed by atoms with Crippen LogP contribution in [0.25, 0.3) is 6.08 Å². The van der Waals surface area contributed by atoms with E-state index in [0.29, 0.717) is 15.6 Å². The molecule has 37 heavy (non-hydrogen) atoms. The fourth-order valence-electron chi connectivity index (χ4n) is 3.39. The van der Waals surface area contributed by atoms with E-state index in [1.807, 2.05) is 0 Å². The SMILES string of the molecule is COC(=O)c1ccc(CN2C(=O)N/C(=C\c3cc([N+](=O)[O-])ccc3OCc3ccc(Cl)cc3Cl)C2=O)o1. The number of nitrogens with one attached hydrogen (secondary N) is 1. The Hall–Kier alpha value is -4.35. The number of non-ortho nitro benzene ring substituents is 1. The number of benzene rings is 2. The number of amides is 3. The summed E-state index contributed by atoms with van der Waals surface area (Å²) in [6, 6.07) is 10.7. The molecule has 1 aliphatic rings. The van der Waals surface area contributed by atoms with E-state index < -0.39 is 22.8 Å². The Labute approximate surface area is 219 Å². The standard InChI is InChI=1S/C24H17Cl2N3O8/c1-35-23(31)21-7-5-17(37-21)11-28-22(30)19(27-24(28)32)9-14-8-16(29(33)34)4-6-20(14)36-12-13-2-3-15(25)10-18(13)26/h2-10H,11-12H2,1H3,(H,27,32)/b19-9-. The van der Waals surface area contributed by atoms with Gasteiger partial charge in [0.05, 0.1) is 18.6 Å². The maximum Gasteiger partial charge on any atom is 0.373 e. The second-order valence-electron chi connectivity index (χ2n) is 7.64.